The minimum Gasteiger partial charge on any atom is -0.494 e. The van der Waals surface area contributed by atoms with Gasteiger partial charge in [-0.3, -0.25) is 4.79 Å². The van der Waals surface area contributed by atoms with Gasteiger partial charge in [0.25, 0.3) is 0 Å². The van der Waals surface area contributed by atoms with E-state index < -0.39 is 21.5 Å². The van der Waals surface area contributed by atoms with Crippen molar-refractivity contribution < 1.29 is 17.9 Å². The van der Waals surface area contributed by atoms with Crippen LogP contribution in [0.15, 0.2) is 53.4 Å². The van der Waals surface area contributed by atoms with Crippen LogP contribution in [0.4, 0.5) is 5.69 Å². The Morgan fingerprint density at radius 1 is 1.08 bits per heavy atom. The lowest BCUT2D eigenvalue weighted by Gasteiger charge is -2.25. The minimum atomic E-state index is -3.88. The lowest BCUT2D eigenvalue weighted by atomic mass is 10.1. The van der Waals surface area contributed by atoms with Crippen LogP contribution >= 0.6 is 11.6 Å². The third kappa shape index (κ3) is 5.20. The van der Waals surface area contributed by atoms with Crippen molar-refractivity contribution in [1.29, 1.82) is 0 Å². The first-order valence-corrected chi connectivity index (χ1v) is 9.84. The van der Waals surface area contributed by atoms with Crippen LogP contribution in [-0.4, -0.2) is 26.5 Å². The lowest BCUT2D eigenvalue weighted by Crippen LogP contribution is -2.52. The Bertz CT molecular complexity index is 863. The maximum atomic E-state index is 12.5. The van der Waals surface area contributed by atoms with E-state index in [1.807, 2.05) is 6.92 Å². The van der Waals surface area contributed by atoms with E-state index >= 15 is 0 Å². The van der Waals surface area contributed by atoms with Crippen molar-refractivity contribution in [1.82, 2.24) is 4.72 Å². The van der Waals surface area contributed by atoms with Gasteiger partial charge in [-0.05, 0) is 69.3 Å². The van der Waals surface area contributed by atoms with E-state index in [4.69, 9.17) is 16.3 Å². The molecule has 0 fully saturated rings. The minimum absolute atomic E-state index is 0.0313. The molecular formula is C18H21ClN2O4S. The normalized spacial score (nSPS) is 11.8. The van der Waals surface area contributed by atoms with E-state index in [0.717, 1.165) is 0 Å². The first kappa shape index (κ1) is 20.2. The number of benzene rings is 2. The molecule has 8 heteroatoms. The number of halogens is 1. The highest BCUT2D eigenvalue weighted by Gasteiger charge is 2.33. The fourth-order valence-corrected chi connectivity index (χ4v) is 3.65. The van der Waals surface area contributed by atoms with Gasteiger partial charge in [0, 0.05) is 10.7 Å². The van der Waals surface area contributed by atoms with Gasteiger partial charge in [-0.15, -0.1) is 0 Å². The van der Waals surface area contributed by atoms with Gasteiger partial charge < -0.3 is 10.1 Å². The van der Waals surface area contributed by atoms with Crippen LogP contribution in [-0.2, 0) is 14.8 Å². The standard InChI is InChI=1S/C18H21ClN2O4S/c1-4-25-15-9-7-14(8-10-15)20-17(22)18(2,3)21-26(23,24)16-11-5-13(19)6-12-16/h5-12,21H,4H2,1-3H3,(H,20,22). The molecular weight excluding hydrogens is 376 g/mol. The summed E-state index contributed by atoms with van der Waals surface area (Å²) in [5, 5.41) is 3.12. The molecule has 2 aromatic carbocycles. The Hall–Kier alpha value is -2.09. The Labute approximate surface area is 158 Å². The van der Waals surface area contributed by atoms with Crippen molar-refractivity contribution in [3.63, 3.8) is 0 Å². The second-order valence-electron chi connectivity index (χ2n) is 6.10. The van der Waals surface area contributed by atoms with Crippen molar-refractivity contribution >= 4 is 33.2 Å². The molecule has 0 aliphatic rings. The van der Waals surface area contributed by atoms with Crippen molar-refractivity contribution in [2.75, 3.05) is 11.9 Å². The van der Waals surface area contributed by atoms with Gasteiger partial charge in [0.05, 0.1) is 11.5 Å². The van der Waals surface area contributed by atoms with Gasteiger partial charge in [-0.25, -0.2) is 8.42 Å². The molecule has 0 atom stereocenters. The maximum Gasteiger partial charge on any atom is 0.245 e. The molecule has 0 saturated carbocycles. The number of ether oxygens (including phenoxy) is 1. The van der Waals surface area contributed by atoms with Crippen LogP contribution in [0.25, 0.3) is 0 Å². The summed E-state index contributed by atoms with van der Waals surface area (Å²) in [6.45, 7) is 5.41. The number of carbonyl (C=O) groups excluding carboxylic acids is 1. The molecule has 0 unspecified atom stereocenters. The highest BCUT2D eigenvalue weighted by molar-refractivity contribution is 7.89. The number of nitrogens with one attached hydrogen (secondary N) is 2. The summed E-state index contributed by atoms with van der Waals surface area (Å²) in [7, 11) is -3.88. The molecule has 6 nitrogen and oxygen atoms in total. The van der Waals surface area contributed by atoms with Gasteiger partial charge in [0.1, 0.15) is 11.3 Å². The van der Waals surface area contributed by atoms with E-state index in [1.165, 1.54) is 38.1 Å². The molecule has 0 bridgehead atoms. The van der Waals surface area contributed by atoms with Crippen molar-refractivity contribution in [2.45, 2.75) is 31.2 Å². The third-order valence-corrected chi connectivity index (χ3v) is 5.43. The Balaban J connectivity index is 2.10. The number of sulfonamides is 1. The number of carbonyl (C=O) groups is 1. The van der Waals surface area contributed by atoms with E-state index in [9.17, 15) is 13.2 Å². The molecule has 0 heterocycles. The molecule has 1 amide bonds. The van der Waals surface area contributed by atoms with Crippen LogP contribution in [0.3, 0.4) is 0 Å². The molecule has 140 valence electrons. The molecule has 2 aromatic rings. The van der Waals surface area contributed by atoms with Gasteiger partial charge >= 0.3 is 0 Å². The molecule has 0 spiro atoms. The summed E-state index contributed by atoms with van der Waals surface area (Å²) in [6, 6.07) is 12.5. The highest BCUT2D eigenvalue weighted by atomic mass is 35.5. The zero-order valence-electron chi connectivity index (χ0n) is 14.7. The number of amides is 1. The van der Waals surface area contributed by atoms with Crippen LogP contribution < -0.4 is 14.8 Å². The molecule has 2 rings (SSSR count). The maximum absolute atomic E-state index is 12.5. The second-order valence-corrected chi connectivity index (χ2v) is 8.21. The number of hydrogen-bond donors (Lipinski definition) is 2. The third-order valence-electron chi connectivity index (χ3n) is 3.50. The summed E-state index contributed by atoms with van der Waals surface area (Å²) >= 11 is 5.78. The van der Waals surface area contributed by atoms with E-state index in [2.05, 4.69) is 10.0 Å². The molecule has 2 N–H and O–H groups in total. The average Bonchev–Trinajstić information content (AvgIpc) is 2.56. The largest absolute Gasteiger partial charge is 0.494 e. The van der Waals surface area contributed by atoms with Crippen LogP contribution in [0, 0.1) is 0 Å². The van der Waals surface area contributed by atoms with E-state index in [-0.39, 0.29) is 4.90 Å². The van der Waals surface area contributed by atoms with Gasteiger partial charge in [-0.2, -0.15) is 4.72 Å². The number of rotatable bonds is 7. The SMILES string of the molecule is CCOc1ccc(NC(=O)C(C)(C)NS(=O)(=O)c2ccc(Cl)cc2)cc1. The highest BCUT2D eigenvalue weighted by Crippen LogP contribution is 2.19. The van der Waals surface area contributed by atoms with Crippen molar-refractivity contribution in [3.05, 3.63) is 53.6 Å². The molecule has 0 radical (unpaired) electrons. The first-order chi connectivity index (χ1) is 12.1. The lowest BCUT2D eigenvalue weighted by molar-refractivity contribution is -0.120. The molecule has 0 aliphatic carbocycles. The van der Waals surface area contributed by atoms with Crippen LogP contribution in [0.2, 0.25) is 5.02 Å². The summed E-state index contributed by atoms with van der Waals surface area (Å²) < 4.78 is 32.7. The van der Waals surface area contributed by atoms with Crippen molar-refractivity contribution in [2.24, 2.45) is 0 Å². The fraction of sp³-hybridized carbons (Fsp3) is 0.278. The van der Waals surface area contributed by atoms with Crippen LogP contribution in [0.5, 0.6) is 5.75 Å². The fourth-order valence-electron chi connectivity index (χ4n) is 2.14. The summed E-state index contributed by atoms with van der Waals surface area (Å²) in [6.07, 6.45) is 0. The number of hydrogen-bond acceptors (Lipinski definition) is 4. The molecule has 0 aromatic heterocycles. The Kier molecular flexibility index (Phi) is 6.28. The van der Waals surface area contributed by atoms with E-state index in [1.54, 1.807) is 24.3 Å². The smallest absolute Gasteiger partial charge is 0.245 e. The van der Waals surface area contributed by atoms with Gasteiger partial charge in [0.2, 0.25) is 15.9 Å². The topological polar surface area (TPSA) is 84.5 Å². The molecule has 0 aliphatic heterocycles. The predicted molar refractivity (Wildman–Crippen MR) is 102 cm³/mol. The van der Waals surface area contributed by atoms with Crippen LogP contribution in [0.1, 0.15) is 20.8 Å². The zero-order valence-corrected chi connectivity index (χ0v) is 16.3. The summed E-state index contributed by atoms with van der Waals surface area (Å²) in [5.41, 5.74) is -0.825. The second kappa shape index (κ2) is 8.07. The zero-order chi connectivity index (χ0) is 19.4. The first-order valence-electron chi connectivity index (χ1n) is 7.98. The van der Waals surface area contributed by atoms with Crippen molar-refractivity contribution in [3.8, 4) is 5.75 Å². The summed E-state index contributed by atoms with van der Waals surface area (Å²) in [5.74, 6) is 0.201. The summed E-state index contributed by atoms with van der Waals surface area (Å²) in [4.78, 5) is 12.5. The van der Waals surface area contributed by atoms with Gasteiger partial charge in [0.15, 0.2) is 0 Å². The molecule has 0 saturated heterocycles. The van der Waals surface area contributed by atoms with E-state index in [0.29, 0.717) is 23.1 Å². The monoisotopic (exact) mass is 396 g/mol. The van der Waals surface area contributed by atoms with Gasteiger partial charge in [-0.1, -0.05) is 11.6 Å². The average molecular weight is 397 g/mol. The Morgan fingerprint density at radius 2 is 1.65 bits per heavy atom. The predicted octanol–water partition coefficient (Wildman–Crippen LogP) is 3.43. The number of anilines is 1. The Morgan fingerprint density at radius 3 is 2.19 bits per heavy atom. The quantitative estimate of drug-likeness (QED) is 0.750. The molecule has 26 heavy (non-hydrogen) atoms.